The molecule has 1 nitrogen and oxygen atoms in total. The van der Waals surface area contributed by atoms with Crippen LogP contribution in [0.4, 0.5) is 0 Å². The van der Waals surface area contributed by atoms with Crippen LogP contribution in [0.2, 0.25) is 0 Å². The molecular weight excluding hydrogens is 166 g/mol. The second-order valence-corrected chi connectivity index (χ2v) is 4.00. The average molecular weight is 182 g/mol. The first-order valence-electron chi connectivity index (χ1n) is 3.86. The largest absolute Gasteiger partial charge is 1.00 e. The predicted octanol–water partition coefficient (Wildman–Crippen LogP) is -2.53. The number of halogens is 1. The van der Waals surface area contributed by atoms with E-state index in [-0.39, 0.29) is 12.4 Å². The Morgan fingerprint density at radius 2 is 2.40 bits per heavy atom. The van der Waals surface area contributed by atoms with Crippen LogP contribution >= 0.6 is 11.8 Å². The molecule has 1 rings (SSSR count). The van der Waals surface area contributed by atoms with Gasteiger partial charge in [0.05, 0.1) is 18.3 Å². The fourth-order valence-electron chi connectivity index (χ4n) is 1.21. The van der Waals surface area contributed by atoms with E-state index in [0.717, 1.165) is 5.25 Å². The second-order valence-electron chi connectivity index (χ2n) is 2.59. The summed E-state index contributed by atoms with van der Waals surface area (Å²) in [5, 5.41) is 3.40. The van der Waals surface area contributed by atoms with E-state index in [1.807, 2.05) is 0 Å². The van der Waals surface area contributed by atoms with Crippen molar-refractivity contribution in [3.05, 3.63) is 0 Å². The zero-order chi connectivity index (χ0) is 6.53. The summed E-state index contributed by atoms with van der Waals surface area (Å²) in [4.78, 5) is 0. The van der Waals surface area contributed by atoms with E-state index in [4.69, 9.17) is 0 Å². The van der Waals surface area contributed by atoms with Crippen molar-refractivity contribution in [1.82, 2.24) is 0 Å². The van der Waals surface area contributed by atoms with Crippen LogP contribution in [0.3, 0.4) is 0 Å². The number of rotatable bonds is 2. The van der Waals surface area contributed by atoms with Gasteiger partial charge in [0.2, 0.25) is 0 Å². The molecule has 0 aromatic carbocycles. The fourth-order valence-corrected chi connectivity index (χ4v) is 2.52. The molecule has 1 aliphatic rings. The van der Waals surface area contributed by atoms with Crippen molar-refractivity contribution in [2.24, 2.45) is 0 Å². The minimum atomic E-state index is 0. The number of quaternary nitrogens is 1. The van der Waals surface area contributed by atoms with E-state index in [1.165, 1.54) is 31.7 Å². The molecule has 62 valence electrons. The quantitative estimate of drug-likeness (QED) is 0.497. The van der Waals surface area contributed by atoms with Crippen LogP contribution in [0.1, 0.15) is 19.8 Å². The van der Waals surface area contributed by atoms with Gasteiger partial charge in [-0.3, -0.25) is 0 Å². The fraction of sp³-hybridized carbons (Fsp3) is 1.00. The molecule has 2 N–H and O–H groups in total. The SMILES string of the molecule is CCC[C@H]1C[NH2+]CCS1.[Cl-]. The Morgan fingerprint density at radius 1 is 1.60 bits per heavy atom. The van der Waals surface area contributed by atoms with Crippen molar-refractivity contribution >= 4 is 11.8 Å². The summed E-state index contributed by atoms with van der Waals surface area (Å²) in [5.41, 5.74) is 0. The molecular formula is C7H16ClNS. The van der Waals surface area contributed by atoms with Gasteiger partial charge in [-0.05, 0) is 6.42 Å². The molecule has 0 radical (unpaired) electrons. The number of nitrogens with two attached hydrogens (primary N) is 1. The highest BCUT2D eigenvalue weighted by Gasteiger charge is 2.14. The molecule has 0 aliphatic carbocycles. The molecule has 1 heterocycles. The van der Waals surface area contributed by atoms with Crippen LogP contribution in [0.15, 0.2) is 0 Å². The highest BCUT2D eigenvalue weighted by atomic mass is 35.5. The Labute approximate surface area is 73.7 Å². The third-order valence-corrected chi connectivity index (χ3v) is 3.09. The van der Waals surface area contributed by atoms with Gasteiger partial charge in [0.1, 0.15) is 0 Å². The van der Waals surface area contributed by atoms with Crippen LogP contribution in [-0.4, -0.2) is 24.1 Å². The first-order chi connectivity index (χ1) is 4.43. The Morgan fingerprint density at radius 3 is 2.90 bits per heavy atom. The molecule has 0 spiro atoms. The zero-order valence-electron chi connectivity index (χ0n) is 6.48. The van der Waals surface area contributed by atoms with Crippen molar-refractivity contribution in [3.63, 3.8) is 0 Å². The number of hydrogen-bond donors (Lipinski definition) is 1. The summed E-state index contributed by atoms with van der Waals surface area (Å²) in [7, 11) is 0. The van der Waals surface area contributed by atoms with Gasteiger partial charge in [0, 0.05) is 5.75 Å². The Bertz CT molecular complexity index is 71.3. The standard InChI is InChI=1S/C7H15NS.ClH/c1-2-3-7-6-8-4-5-9-7;/h7-8H,2-6H2,1H3;1H/t7-;/m0./s1. The van der Waals surface area contributed by atoms with E-state index in [0.29, 0.717) is 0 Å². The van der Waals surface area contributed by atoms with E-state index < -0.39 is 0 Å². The molecule has 0 aromatic rings. The van der Waals surface area contributed by atoms with E-state index in [9.17, 15) is 0 Å². The summed E-state index contributed by atoms with van der Waals surface area (Å²) in [6.45, 7) is 4.97. The van der Waals surface area contributed by atoms with Crippen molar-refractivity contribution < 1.29 is 17.7 Å². The van der Waals surface area contributed by atoms with Gasteiger partial charge in [0.15, 0.2) is 0 Å². The summed E-state index contributed by atoms with van der Waals surface area (Å²) in [5.74, 6) is 1.37. The lowest BCUT2D eigenvalue weighted by molar-refractivity contribution is -0.652. The summed E-state index contributed by atoms with van der Waals surface area (Å²) >= 11 is 2.16. The van der Waals surface area contributed by atoms with Crippen molar-refractivity contribution in [2.45, 2.75) is 25.0 Å². The maximum absolute atomic E-state index is 2.44. The van der Waals surface area contributed by atoms with Gasteiger partial charge >= 0.3 is 0 Å². The Kier molecular flexibility index (Phi) is 6.70. The summed E-state index contributed by atoms with van der Waals surface area (Å²) < 4.78 is 0. The maximum atomic E-state index is 2.44. The lowest BCUT2D eigenvalue weighted by Crippen LogP contribution is -3.00. The van der Waals surface area contributed by atoms with Crippen molar-refractivity contribution in [1.29, 1.82) is 0 Å². The minimum absolute atomic E-state index is 0. The predicted molar refractivity (Wildman–Crippen MR) is 42.8 cm³/mol. The van der Waals surface area contributed by atoms with Crippen LogP contribution in [-0.2, 0) is 0 Å². The molecule has 1 aliphatic heterocycles. The first kappa shape index (κ1) is 10.6. The topological polar surface area (TPSA) is 16.6 Å². The molecule has 0 saturated carbocycles. The molecule has 1 atom stereocenters. The minimum Gasteiger partial charge on any atom is -1.00 e. The highest BCUT2D eigenvalue weighted by Crippen LogP contribution is 2.15. The molecule has 3 heteroatoms. The van der Waals surface area contributed by atoms with Crippen LogP contribution in [0, 0.1) is 0 Å². The number of hydrogen-bond acceptors (Lipinski definition) is 1. The monoisotopic (exact) mass is 181 g/mol. The third-order valence-electron chi connectivity index (χ3n) is 1.72. The van der Waals surface area contributed by atoms with Gasteiger partial charge in [-0.25, -0.2) is 0 Å². The van der Waals surface area contributed by atoms with E-state index in [2.05, 4.69) is 24.0 Å². The van der Waals surface area contributed by atoms with Gasteiger partial charge in [0.25, 0.3) is 0 Å². The average Bonchev–Trinajstić information content (AvgIpc) is 1.91. The third kappa shape index (κ3) is 3.69. The van der Waals surface area contributed by atoms with Crippen molar-refractivity contribution in [2.75, 3.05) is 18.8 Å². The van der Waals surface area contributed by atoms with Crippen LogP contribution < -0.4 is 17.7 Å². The van der Waals surface area contributed by atoms with E-state index in [1.54, 1.807) is 0 Å². The molecule has 0 aromatic heterocycles. The van der Waals surface area contributed by atoms with Gasteiger partial charge in [-0.1, -0.05) is 13.3 Å². The second kappa shape index (κ2) is 6.32. The smallest absolute Gasteiger partial charge is 0.0876 e. The zero-order valence-corrected chi connectivity index (χ0v) is 8.05. The van der Waals surface area contributed by atoms with Crippen molar-refractivity contribution in [3.8, 4) is 0 Å². The Balaban J connectivity index is 0.000000810. The normalized spacial score (nSPS) is 25.5. The first-order valence-corrected chi connectivity index (χ1v) is 4.91. The highest BCUT2D eigenvalue weighted by molar-refractivity contribution is 7.99. The van der Waals surface area contributed by atoms with E-state index >= 15 is 0 Å². The lowest BCUT2D eigenvalue weighted by atomic mass is 10.2. The molecule has 1 fully saturated rings. The summed E-state index contributed by atoms with van der Waals surface area (Å²) in [6, 6.07) is 0. The maximum Gasteiger partial charge on any atom is 0.0876 e. The lowest BCUT2D eigenvalue weighted by Gasteiger charge is -2.18. The Hall–Kier alpha value is 0.600. The van der Waals surface area contributed by atoms with Gasteiger partial charge in [-0.15, -0.1) is 11.8 Å². The molecule has 0 amide bonds. The molecule has 1 saturated heterocycles. The molecule has 0 bridgehead atoms. The van der Waals surface area contributed by atoms with Gasteiger partial charge in [-0.2, -0.15) is 0 Å². The molecule has 0 unspecified atom stereocenters. The van der Waals surface area contributed by atoms with Crippen LogP contribution in [0.25, 0.3) is 0 Å². The number of thioether (sulfide) groups is 1. The van der Waals surface area contributed by atoms with Crippen LogP contribution in [0.5, 0.6) is 0 Å². The molecule has 10 heavy (non-hydrogen) atoms. The summed E-state index contributed by atoms with van der Waals surface area (Å²) in [6.07, 6.45) is 2.77. The van der Waals surface area contributed by atoms with Gasteiger partial charge < -0.3 is 17.7 Å².